The highest BCUT2D eigenvalue weighted by Crippen LogP contribution is 2.29. The lowest BCUT2D eigenvalue weighted by Gasteiger charge is -2.26. The van der Waals surface area contributed by atoms with Gasteiger partial charge in [-0.1, -0.05) is 55.7 Å². The van der Waals surface area contributed by atoms with Gasteiger partial charge in [0.15, 0.2) is 0 Å². The Balaban J connectivity index is 1.30. The zero-order valence-corrected chi connectivity index (χ0v) is 18.8. The van der Waals surface area contributed by atoms with Crippen LogP contribution in [0.1, 0.15) is 74.1 Å². The summed E-state index contributed by atoms with van der Waals surface area (Å²) in [5, 5.41) is 3.18. The van der Waals surface area contributed by atoms with E-state index in [1.807, 2.05) is 18.2 Å². The molecule has 0 unspecified atom stereocenters. The van der Waals surface area contributed by atoms with Crippen molar-refractivity contribution >= 4 is 15.9 Å². The first kappa shape index (κ1) is 22.0. The van der Waals surface area contributed by atoms with Crippen LogP contribution in [0.15, 0.2) is 53.4 Å². The van der Waals surface area contributed by atoms with Gasteiger partial charge in [0.25, 0.3) is 0 Å². The zero-order chi connectivity index (χ0) is 21.7. The molecular weight excluding hydrogens is 408 g/mol. The highest BCUT2D eigenvalue weighted by Gasteiger charge is 2.23. The van der Waals surface area contributed by atoms with Crippen molar-refractivity contribution in [2.75, 3.05) is 0 Å². The second kappa shape index (κ2) is 9.96. The number of carbonyl (C=O) groups excluding carboxylic acids is 1. The fourth-order valence-electron chi connectivity index (χ4n) is 4.77. The molecule has 2 aliphatic rings. The van der Waals surface area contributed by atoms with Crippen molar-refractivity contribution in [3.63, 3.8) is 0 Å². The third kappa shape index (κ3) is 5.74. The van der Waals surface area contributed by atoms with Crippen LogP contribution in [0.2, 0.25) is 0 Å². The number of benzene rings is 2. The van der Waals surface area contributed by atoms with E-state index in [0.717, 1.165) is 50.5 Å². The lowest BCUT2D eigenvalue weighted by atomic mass is 9.87. The Hall–Kier alpha value is -2.18. The Bertz CT molecular complexity index is 996. The molecule has 2 N–H and O–H groups in total. The summed E-state index contributed by atoms with van der Waals surface area (Å²) in [7, 11) is -3.48. The monoisotopic (exact) mass is 440 g/mol. The largest absolute Gasteiger partial charge is 0.349 e. The molecule has 4 rings (SSSR count). The predicted octanol–water partition coefficient (Wildman–Crippen LogP) is 4.42. The summed E-state index contributed by atoms with van der Waals surface area (Å²) in [5.41, 5.74) is 3.54. The molecule has 1 atom stereocenters. The molecule has 6 heteroatoms. The minimum atomic E-state index is -3.48. The summed E-state index contributed by atoms with van der Waals surface area (Å²) in [6.07, 6.45) is 9.32. The number of hydrogen-bond donors (Lipinski definition) is 2. The predicted molar refractivity (Wildman–Crippen MR) is 122 cm³/mol. The van der Waals surface area contributed by atoms with Gasteiger partial charge in [-0.15, -0.1) is 0 Å². The minimum absolute atomic E-state index is 0.0392. The number of nitrogens with one attached hydrogen (secondary N) is 2. The fourth-order valence-corrected chi connectivity index (χ4v) is 6.08. The van der Waals surface area contributed by atoms with E-state index in [1.165, 1.54) is 17.5 Å². The molecule has 2 aromatic carbocycles. The molecule has 166 valence electrons. The van der Waals surface area contributed by atoms with Gasteiger partial charge in [0.05, 0.1) is 10.9 Å². The van der Waals surface area contributed by atoms with Gasteiger partial charge < -0.3 is 5.32 Å². The molecule has 5 nitrogen and oxygen atoms in total. The van der Waals surface area contributed by atoms with Crippen LogP contribution >= 0.6 is 0 Å². The number of carbonyl (C=O) groups is 1. The summed E-state index contributed by atoms with van der Waals surface area (Å²) < 4.78 is 28.1. The zero-order valence-electron chi connectivity index (χ0n) is 18.0. The standard InChI is InChI=1S/C25H32N2O3S/c28-25(26-24-12-6-8-20-7-4-5-11-23(20)24)18-15-19-13-16-22(17-14-19)31(29,30)27-21-9-2-1-3-10-21/h4-5,7,11,13-14,16-17,21,24,27H,1-3,6,8-10,12,15,18H2,(H,26,28)/t24-/m0/s1. The van der Waals surface area contributed by atoms with Crippen molar-refractivity contribution in [1.82, 2.24) is 10.0 Å². The Morgan fingerprint density at radius 3 is 2.42 bits per heavy atom. The lowest BCUT2D eigenvalue weighted by molar-refractivity contribution is -0.121. The molecule has 0 spiro atoms. The van der Waals surface area contributed by atoms with E-state index >= 15 is 0 Å². The van der Waals surface area contributed by atoms with E-state index in [0.29, 0.717) is 17.7 Å². The van der Waals surface area contributed by atoms with Gasteiger partial charge in [-0.25, -0.2) is 13.1 Å². The number of sulfonamides is 1. The van der Waals surface area contributed by atoms with Crippen LogP contribution in [-0.2, 0) is 27.7 Å². The molecule has 0 saturated heterocycles. The maximum absolute atomic E-state index is 12.6. The molecule has 1 saturated carbocycles. The quantitative estimate of drug-likeness (QED) is 0.669. The molecule has 2 aromatic rings. The van der Waals surface area contributed by atoms with Crippen LogP contribution in [0.25, 0.3) is 0 Å². The van der Waals surface area contributed by atoms with Crippen molar-refractivity contribution in [3.05, 3.63) is 65.2 Å². The molecule has 0 heterocycles. The number of fused-ring (bicyclic) bond motifs is 1. The van der Waals surface area contributed by atoms with Crippen molar-refractivity contribution in [1.29, 1.82) is 0 Å². The summed E-state index contributed by atoms with van der Waals surface area (Å²) >= 11 is 0. The normalized spacial score (nSPS) is 19.5. The maximum atomic E-state index is 12.6. The molecular formula is C25H32N2O3S. The molecule has 1 amide bonds. The van der Waals surface area contributed by atoms with E-state index in [1.54, 1.807) is 12.1 Å². The first-order valence-electron chi connectivity index (χ1n) is 11.5. The molecule has 31 heavy (non-hydrogen) atoms. The summed E-state index contributed by atoms with van der Waals surface area (Å²) in [4.78, 5) is 12.8. The van der Waals surface area contributed by atoms with Gasteiger partial charge in [0.2, 0.25) is 15.9 Å². The van der Waals surface area contributed by atoms with Crippen LogP contribution < -0.4 is 10.0 Å². The highest BCUT2D eigenvalue weighted by atomic mass is 32.2. The molecule has 0 aromatic heterocycles. The third-order valence-corrected chi connectivity index (χ3v) is 8.04. The van der Waals surface area contributed by atoms with Gasteiger partial charge in [-0.3, -0.25) is 4.79 Å². The third-order valence-electron chi connectivity index (χ3n) is 6.51. The van der Waals surface area contributed by atoms with E-state index in [4.69, 9.17) is 0 Å². The van der Waals surface area contributed by atoms with E-state index in [-0.39, 0.29) is 18.0 Å². The maximum Gasteiger partial charge on any atom is 0.240 e. The number of aryl methyl sites for hydroxylation is 2. The first-order valence-corrected chi connectivity index (χ1v) is 13.0. The number of rotatable bonds is 7. The smallest absolute Gasteiger partial charge is 0.240 e. The average molecular weight is 441 g/mol. The number of hydrogen-bond acceptors (Lipinski definition) is 3. The van der Waals surface area contributed by atoms with Crippen molar-refractivity contribution in [2.45, 2.75) is 81.2 Å². The molecule has 0 aliphatic heterocycles. The summed E-state index contributed by atoms with van der Waals surface area (Å²) in [6.45, 7) is 0. The second-order valence-corrected chi connectivity index (χ2v) is 10.5. The first-order chi connectivity index (χ1) is 15.0. The van der Waals surface area contributed by atoms with E-state index < -0.39 is 10.0 Å². The SMILES string of the molecule is O=C(CCc1ccc(S(=O)(=O)NC2CCCCC2)cc1)N[C@H]1CCCc2ccccc21. The summed E-state index contributed by atoms with van der Waals surface area (Å²) in [6, 6.07) is 15.4. The molecule has 2 aliphatic carbocycles. The molecule has 0 radical (unpaired) electrons. The molecule has 1 fully saturated rings. The van der Waals surface area contributed by atoms with E-state index in [9.17, 15) is 13.2 Å². The van der Waals surface area contributed by atoms with Crippen LogP contribution in [0.4, 0.5) is 0 Å². The van der Waals surface area contributed by atoms with Crippen molar-refractivity contribution < 1.29 is 13.2 Å². The summed E-state index contributed by atoms with van der Waals surface area (Å²) in [5.74, 6) is 0.0392. The van der Waals surface area contributed by atoms with Gasteiger partial charge >= 0.3 is 0 Å². The highest BCUT2D eigenvalue weighted by molar-refractivity contribution is 7.89. The van der Waals surface area contributed by atoms with Crippen molar-refractivity contribution in [2.24, 2.45) is 0 Å². The minimum Gasteiger partial charge on any atom is -0.349 e. The van der Waals surface area contributed by atoms with Crippen LogP contribution in [-0.4, -0.2) is 20.4 Å². The van der Waals surface area contributed by atoms with Crippen LogP contribution in [0, 0.1) is 0 Å². The lowest BCUT2D eigenvalue weighted by Crippen LogP contribution is -2.36. The van der Waals surface area contributed by atoms with Gasteiger partial charge in [-0.05, 0) is 67.3 Å². The van der Waals surface area contributed by atoms with Crippen molar-refractivity contribution in [3.8, 4) is 0 Å². The Morgan fingerprint density at radius 1 is 0.903 bits per heavy atom. The fraction of sp³-hybridized carbons (Fsp3) is 0.480. The Morgan fingerprint density at radius 2 is 1.65 bits per heavy atom. The second-order valence-electron chi connectivity index (χ2n) is 8.81. The average Bonchev–Trinajstić information content (AvgIpc) is 2.79. The van der Waals surface area contributed by atoms with Gasteiger partial charge in [-0.2, -0.15) is 0 Å². The topological polar surface area (TPSA) is 75.3 Å². The van der Waals surface area contributed by atoms with Crippen LogP contribution in [0.3, 0.4) is 0 Å². The molecule has 0 bridgehead atoms. The Labute approximate surface area is 185 Å². The van der Waals surface area contributed by atoms with Gasteiger partial charge in [0.1, 0.15) is 0 Å². The van der Waals surface area contributed by atoms with Gasteiger partial charge in [0, 0.05) is 12.5 Å². The number of amides is 1. The Kier molecular flexibility index (Phi) is 7.08. The van der Waals surface area contributed by atoms with Crippen LogP contribution in [0.5, 0.6) is 0 Å². The van der Waals surface area contributed by atoms with E-state index in [2.05, 4.69) is 28.2 Å².